The van der Waals surface area contributed by atoms with Crippen LogP contribution >= 0.6 is 0 Å². The molecule has 0 aliphatic rings. The van der Waals surface area contributed by atoms with Crippen LogP contribution in [0.1, 0.15) is 0 Å². The lowest BCUT2D eigenvalue weighted by atomic mass is 9.91. The van der Waals surface area contributed by atoms with Gasteiger partial charge in [-0.25, -0.2) is 15.0 Å². The molecule has 324 valence electrons. The summed E-state index contributed by atoms with van der Waals surface area (Å²) in [5.41, 5.74) is 9.73. The van der Waals surface area contributed by atoms with E-state index in [1.165, 1.54) is 48.5 Å². The number of hydrogen-bond acceptors (Lipinski definition) is 4. The Morgan fingerprint density at radius 2 is 0.871 bits per heavy atom. The van der Waals surface area contributed by atoms with Gasteiger partial charge in [0, 0.05) is 49.3 Å². The maximum Gasteiger partial charge on any atom is 0.164 e. The summed E-state index contributed by atoms with van der Waals surface area (Å²) in [5, 5.41) is 16.3. The Balaban J connectivity index is 1.04. The summed E-state index contributed by atoms with van der Waals surface area (Å²) >= 11 is 0. The molecule has 0 saturated carbocycles. The number of fused-ring (bicyclic) bond motifs is 15. The highest BCUT2D eigenvalue weighted by Crippen LogP contribution is 2.46. The first-order valence-corrected chi connectivity index (χ1v) is 23.8. The molecule has 5 nitrogen and oxygen atoms in total. The van der Waals surface area contributed by atoms with Gasteiger partial charge < -0.3 is 8.98 Å². The van der Waals surface area contributed by atoms with Gasteiger partial charge in [-0.1, -0.05) is 176 Å². The molecule has 0 atom stereocenters. The zero-order valence-electron chi connectivity index (χ0n) is 37.6. The van der Waals surface area contributed by atoms with Gasteiger partial charge in [0.1, 0.15) is 11.2 Å². The van der Waals surface area contributed by atoms with E-state index >= 15 is 0 Å². The van der Waals surface area contributed by atoms with E-state index in [4.69, 9.17) is 19.4 Å². The lowest BCUT2D eigenvalue weighted by molar-refractivity contribution is 0.673. The molecule has 0 saturated heterocycles. The monoisotopic (exact) mass is 890 g/mol. The van der Waals surface area contributed by atoms with Crippen molar-refractivity contribution in [1.82, 2.24) is 19.5 Å². The molecule has 0 radical (unpaired) electrons. The van der Waals surface area contributed by atoms with Gasteiger partial charge in [-0.05, 0) is 114 Å². The van der Waals surface area contributed by atoms with Gasteiger partial charge in [0.05, 0.1) is 11.0 Å². The Bertz CT molecular complexity index is 4630. The first-order chi connectivity index (χ1) is 34.7. The van der Waals surface area contributed by atoms with E-state index in [0.717, 1.165) is 82.6 Å². The first kappa shape index (κ1) is 38.6. The van der Waals surface area contributed by atoms with Gasteiger partial charge in [-0.2, -0.15) is 0 Å². The van der Waals surface area contributed by atoms with Crippen molar-refractivity contribution >= 4 is 97.6 Å². The van der Waals surface area contributed by atoms with E-state index in [0.29, 0.717) is 17.5 Å². The summed E-state index contributed by atoms with van der Waals surface area (Å²) in [6.07, 6.45) is 0. The highest BCUT2D eigenvalue weighted by molar-refractivity contribution is 6.26. The van der Waals surface area contributed by atoms with Gasteiger partial charge in [-0.15, -0.1) is 0 Å². The minimum atomic E-state index is 0.580. The third kappa shape index (κ3) is 5.82. The normalized spacial score (nSPS) is 12.0. The van der Waals surface area contributed by atoms with Crippen molar-refractivity contribution in [3.63, 3.8) is 0 Å². The maximum atomic E-state index is 6.83. The SMILES string of the molecule is c1ccc(-c2nc(-c3ccc4c5ccccc5c5ccccc5c4c3)nc(-c3ccc(-n4c5ccccc5c5cc6ccccc6cc54)cc3-c3cc4ccccc4c4oc5ccccc5c34)n2)cc1. The average Bonchev–Trinajstić information content (AvgIpc) is 3.98. The Hall–Kier alpha value is -9.45. The van der Waals surface area contributed by atoms with Crippen LogP contribution in [0.25, 0.3) is 149 Å². The number of rotatable bonds is 5. The van der Waals surface area contributed by atoms with Crippen LogP contribution in [0.15, 0.2) is 235 Å². The van der Waals surface area contributed by atoms with E-state index in [2.05, 4.69) is 211 Å². The third-order valence-corrected chi connectivity index (χ3v) is 14.4. The largest absolute Gasteiger partial charge is 0.455 e. The second kappa shape index (κ2) is 15.0. The molecule has 3 heterocycles. The Labute approximate surface area is 401 Å². The number of nitrogens with zero attached hydrogens (tertiary/aromatic N) is 4. The smallest absolute Gasteiger partial charge is 0.164 e. The van der Waals surface area contributed by atoms with Gasteiger partial charge in [0.2, 0.25) is 0 Å². The van der Waals surface area contributed by atoms with Crippen LogP contribution in [0.4, 0.5) is 0 Å². The molecule has 0 unspecified atom stereocenters. The van der Waals surface area contributed by atoms with E-state index in [1.54, 1.807) is 0 Å². The van der Waals surface area contributed by atoms with E-state index < -0.39 is 0 Å². The van der Waals surface area contributed by atoms with Crippen LogP contribution in [0.3, 0.4) is 0 Å². The predicted molar refractivity (Wildman–Crippen MR) is 291 cm³/mol. The average molecular weight is 891 g/mol. The summed E-state index contributed by atoms with van der Waals surface area (Å²) in [7, 11) is 0. The Kier molecular flexibility index (Phi) is 8.29. The van der Waals surface area contributed by atoms with E-state index in [9.17, 15) is 0 Å². The van der Waals surface area contributed by atoms with Crippen molar-refractivity contribution in [3.8, 4) is 51.0 Å². The summed E-state index contributed by atoms with van der Waals surface area (Å²) in [5.74, 6) is 1.78. The molecule has 0 aliphatic heterocycles. The van der Waals surface area contributed by atoms with Crippen LogP contribution in [-0.2, 0) is 0 Å². The fraction of sp³-hybridized carbons (Fsp3) is 0. The molecular formula is C65H38N4O. The molecule has 5 heteroatoms. The lowest BCUT2D eigenvalue weighted by Crippen LogP contribution is -2.02. The second-order valence-corrected chi connectivity index (χ2v) is 18.3. The van der Waals surface area contributed by atoms with E-state index in [-0.39, 0.29) is 0 Å². The van der Waals surface area contributed by atoms with Gasteiger partial charge in [-0.3, -0.25) is 0 Å². The van der Waals surface area contributed by atoms with Crippen molar-refractivity contribution in [3.05, 3.63) is 231 Å². The molecule has 0 bridgehead atoms. The predicted octanol–water partition coefficient (Wildman–Crippen LogP) is 17.3. The van der Waals surface area contributed by atoms with Gasteiger partial charge in [0.25, 0.3) is 0 Å². The molecule has 0 fully saturated rings. The van der Waals surface area contributed by atoms with Crippen molar-refractivity contribution in [2.45, 2.75) is 0 Å². The van der Waals surface area contributed by atoms with E-state index in [1.807, 2.05) is 24.3 Å². The molecule has 0 aliphatic carbocycles. The van der Waals surface area contributed by atoms with Crippen molar-refractivity contribution < 1.29 is 4.42 Å². The quantitative estimate of drug-likeness (QED) is 0.162. The van der Waals surface area contributed by atoms with Crippen LogP contribution in [-0.4, -0.2) is 19.5 Å². The molecule has 0 N–H and O–H groups in total. The number of furan rings is 1. The molecular weight excluding hydrogens is 853 g/mol. The topological polar surface area (TPSA) is 56.7 Å². The van der Waals surface area contributed by atoms with Crippen molar-refractivity contribution in [2.75, 3.05) is 0 Å². The molecule has 15 aromatic rings. The van der Waals surface area contributed by atoms with Crippen molar-refractivity contribution in [1.29, 1.82) is 0 Å². The van der Waals surface area contributed by atoms with Crippen LogP contribution in [0.5, 0.6) is 0 Å². The Morgan fingerprint density at radius 1 is 0.300 bits per heavy atom. The zero-order chi connectivity index (χ0) is 45.9. The summed E-state index contributed by atoms with van der Waals surface area (Å²) in [6.45, 7) is 0. The number of aromatic nitrogens is 4. The maximum absolute atomic E-state index is 6.83. The Morgan fingerprint density at radius 3 is 1.63 bits per heavy atom. The highest BCUT2D eigenvalue weighted by Gasteiger charge is 2.24. The molecule has 0 amide bonds. The van der Waals surface area contributed by atoms with Crippen LogP contribution in [0, 0.1) is 0 Å². The van der Waals surface area contributed by atoms with Crippen LogP contribution in [0.2, 0.25) is 0 Å². The fourth-order valence-electron chi connectivity index (χ4n) is 11.2. The van der Waals surface area contributed by atoms with Gasteiger partial charge >= 0.3 is 0 Å². The molecule has 3 aromatic heterocycles. The standard InChI is InChI=1S/C65H38N4O/c1-2-16-39(17-3-1)63-66-64(43-30-32-50-48-24-9-8-22-46(48)47-23-10-11-25-49(47)54(50)36-43)68-65(67-63)52-33-31-44(69-58-28-14-12-26-51(58)56-34-40-18-4-5-19-41(40)37-59(56)69)38-55(52)57-35-42-20-6-7-21-45(42)62-61(57)53-27-13-15-29-60(53)70-62/h1-38H. The molecule has 12 aromatic carbocycles. The van der Waals surface area contributed by atoms with Crippen molar-refractivity contribution in [2.24, 2.45) is 0 Å². The number of benzene rings is 12. The number of para-hydroxylation sites is 2. The second-order valence-electron chi connectivity index (χ2n) is 18.3. The lowest BCUT2D eigenvalue weighted by Gasteiger charge is -2.17. The first-order valence-electron chi connectivity index (χ1n) is 23.8. The summed E-state index contributed by atoms with van der Waals surface area (Å²) in [4.78, 5) is 16.2. The van der Waals surface area contributed by atoms with Crippen LogP contribution < -0.4 is 0 Å². The molecule has 70 heavy (non-hydrogen) atoms. The number of hydrogen-bond donors (Lipinski definition) is 0. The minimum Gasteiger partial charge on any atom is -0.455 e. The van der Waals surface area contributed by atoms with Gasteiger partial charge in [0.15, 0.2) is 17.5 Å². The zero-order valence-corrected chi connectivity index (χ0v) is 37.6. The third-order valence-electron chi connectivity index (χ3n) is 14.4. The molecule has 15 rings (SSSR count). The highest BCUT2D eigenvalue weighted by atomic mass is 16.3. The fourth-order valence-corrected chi connectivity index (χ4v) is 11.2. The minimum absolute atomic E-state index is 0.580. The summed E-state index contributed by atoms with van der Waals surface area (Å²) in [6, 6.07) is 82.3. The molecule has 0 spiro atoms. The summed E-state index contributed by atoms with van der Waals surface area (Å²) < 4.78 is 9.24.